The van der Waals surface area contributed by atoms with Gasteiger partial charge in [-0.15, -0.1) is 0 Å². The molecule has 0 rings (SSSR count). The summed E-state index contributed by atoms with van der Waals surface area (Å²) in [5.41, 5.74) is 0.668. The predicted octanol–water partition coefficient (Wildman–Crippen LogP) is 2.02. The third kappa shape index (κ3) is 5.61. The molecule has 5 nitrogen and oxygen atoms in total. The molecular formula is C10H15NO4. The van der Waals surface area contributed by atoms with Crippen molar-refractivity contribution < 1.29 is 14.8 Å². The Hall–Kier alpha value is -1.65. The van der Waals surface area contributed by atoms with Crippen molar-refractivity contribution in [2.24, 2.45) is 0 Å². The van der Waals surface area contributed by atoms with Crippen molar-refractivity contribution in [3.05, 3.63) is 33.9 Å². The molecule has 0 radical (unpaired) electrons. The zero-order chi connectivity index (χ0) is 11.8. The maximum atomic E-state index is 10.6. The van der Waals surface area contributed by atoms with Crippen LogP contribution in [0.25, 0.3) is 0 Å². The third-order valence-corrected chi connectivity index (χ3v) is 2.05. The van der Waals surface area contributed by atoms with Crippen LogP contribution in [0.1, 0.15) is 26.7 Å². The van der Waals surface area contributed by atoms with Crippen molar-refractivity contribution in [2.75, 3.05) is 0 Å². The van der Waals surface area contributed by atoms with E-state index in [9.17, 15) is 14.9 Å². The van der Waals surface area contributed by atoms with Gasteiger partial charge in [-0.1, -0.05) is 19.1 Å². The molecule has 0 aromatic carbocycles. The Labute approximate surface area is 88.3 Å². The van der Waals surface area contributed by atoms with Crippen LogP contribution in [-0.2, 0) is 4.79 Å². The molecular weight excluding hydrogens is 198 g/mol. The Kier molecular flexibility index (Phi) is 6.01. The van der Waals surface area contributed by atoms with Gasteiger partial charge in [0, 0.05) is 23.8 Å². The molecule has 15 heavy (non-hydrogen) atoms. The summed E-state index contributed by atoms with van der Waals surface area (Å²) in [6.45, 7) is 3.47. The minimum Gasteiger partial charge on any atom is -0.478 e. The average molecular weight is 213 g/mol. The molecule has 0 fully saturated rings. The number of aliphatic carboxylic acids is 1. The van der Waals surface area contributed by atoms with Gasteiger partial charge in [0.05, 0.1) is 0 Å². The van der Waals surface area contributed by atoms with Crippen LogP contribution >= 0.6 is 0 Å². The number of hydrogen-bond acceptors (Lipinski definition) is 3. The van der Waals surface area contributed by atoms with Gasteiger partial charge in [0.1, 0.15) is 0 Å². The lowest BCUT2D eigenvalue weighted by molar-refractivity contribution is -0.522. The Morgan fingerprint density at radius 3 is 2.47 bits per heavy atom. The molecule has 0 aromatic rings. The Morgan fingerprint density at radius 2 is 2.13 bits per heavy atom. The van der Waals surface area contributed by atoms with Crippen LogP contribution in [0.5, 0.6) is 0 Å². The molecule has 0 aliphatic heterocycles. The van der Waals surface area contributed by atoms with E-state index in [0.717, 1.165) is 6.08 Å². The fourth-order valence-electron chi connectivity index (χ4n) is 1.10. The van der Waals surface area contributed by atoms with E-state index < -0.39 is 12.0 Å². The summed E-state index contributed by atoms with van der Waals surface area (Å²) in [5, 5.41) is 19.0. The molecule has 84 valence electrons. The fraction of sp³-hybridized carbons (Fsp3) is 0.500. The second-order valence-corrected chi connectivity index (χ2v) is 3.09. The first-order valence-corrected chi connectivity index (χ1v) is 4.70. The third-order valence-electron chi connectivity index (χ3n) is 2.05. The monoisotopic (exact) mass is 213 g/mol. The van der Waals surface area contributed by atoms with Gasteiger partial charge in [-0.05, 0) is 12.5 Å². The van der Waals surface area contributed by atoms with E-state index in [1.54, 1.807) is 19.9 Å². The van der Waals surface area contributed by atoms with Crippen molar-refractivity contribution in [3.63, 3.8) is 0 Å². The van der Waals surface area contributed by atoms with Gasteiger partial charge in [-0.25, -0.2) is 4.79 Å². The van der Waals surface area contributed by atoms with Crippen LogP contribution in [0.2, 0.25) is 0 Å². The van der Waals surface area contributed by atoms with E-state index in [1.807, 2.05) is 0 Å². The summed E-state index contributed by atoms with van der Waals surface area (Å²) >= 11 is 0. The quantitative estimate of drug-likeness (QED) is 0.317. The maximum Gasteiger partial charge on any atom is 0.328 e. The van der Waals surface area contributed by atoms with Crippen molar-refractivity contribution in [2.45, 2.75) is 32.7 Å². The van der Waals surface area contributed by atoms with Crippen LogP contribution in [0, 0.1) is 10.1 Å². The molecule has 0 spiro atoms. The Bertz CT molecular complexity index is 294. The average Bonchev–Trinajstić information content (AvgIpc) is 2.17. The molecule has 1 atom stereocenters. The number of carboxylic acids is 1. The normalized spacial score (nSPS) is 14.1. The molecule has 0 amide bonds. The number of rotatable bonds is 6. The second-order valence-electron chi connectivity index (χ2n) is 3.09. The molecule has 0 aromatic heterocycles. The lowest BCUT2D eigenvalue weighted by atomic mass is 10.0. The SMILES string of the molecule is C/C=C(/C=C/C(=O)O)CC(CC)[N+](=O)[O-]. The van der Waals surface area contributed by atoms with Gasteiger partial charge in [0.2, 0.25) is 6.04 Å². The molecule has 1 N–H and O–H groups in total. The standard InChI is InChI=1S/C10H15NO4/c1-3-8(5-6-10(12)13)7-9(4-2)11(14)15/h3,5-6,9H,4,7H2,1-2H3,(H,12,13)/b6-5+,8-3-. The first-order chi connectivity index (χ1) is 7.01. The molecule has 5 heteroatoms. The highest BCUT2D eigenvalue weighted by atomic mass is 16.6. The first-order valence-electron chi connectivity index (χ1n) is 4.70. The highest BCUT2D eigenvalue weighted by molar-refractivity contribution is 5.80. The molecule has 0 heterocycles. The molecule has 0 saturated carbocycles. The number of hydrogen-bond donors (Lipinski definition) is 1. The van der Waals surface area contributed by atoms with Crippen LogP contribution in [0.4, 0.5) is 0 Å². The van der Waals surface area contributed by atoms with Gasteiger partial charge in [-0.2, -0.15) is 0 Å². The van der Waals surface area contributed by atoms with Gasteiger partial charge in [-0.3, -0.25) is 10.1 Å². The van der Waals surface area contributed by atoms with Crippen molar-refractivity contribution in [1.29, 1.82) is 0 Å². The van der Waals surface area contributed by atoms with Crippen LogP contribution < -0.4 is 0 Å². The Morgan fingerprint density at radius 1 is 1.53 bits per heavy atom. The fourth-order valence-corrected chi connectivity index (χ4v) is 1.10. The summed E-state index contributed by atoms with van der Waals surface area (Å²) in [4.78, 5) is 20.5. The zero-order valence-corrected chi connectivity index (χ0v) is 8.84. The topological polar surface area (TPSA) is 80.4 Å². The number of nitrogens with zero attached hydrogens (tertiary/aromatic N) is 1. The van der Waals surface area contributed by atoms with Crippen LogP contribution in [-0.4, -0.2) is 22.0 Å². The summed E-state index contributed by atoms with van der Waals surface area (Å²) in [6.07, 6.45) is 4.77. The number of carbonyl (C=O) groups is 1. The van der Waals surface area contributed by atoms with E-state index in [2.05, 4.69) is 0 Å². The number of allylic oxidation sites excluding steroid dienone is 2. The largest absolute Gasteiger partial charge is 0.478 e. The van der Waals surface area contributed by atoms with Gasteiger partial charge in [0.15, 0.2) is 0 Å². The summed E-state index contributed by atoms with van der Waals surface area (Å²) < 4.78 is 0. The van der Waals surface area contributed by atoms with E-state index in [1.165, 1.54) is 6.08 Å². The van der Waals surface area contributed by atoms with Gasteiger partial charge >= 0.3 is 5.97 Å². The lowest BCUT2D eigenvalue weighted by Gasteiger charge is -2.06. The molecule has 0 aliphatic carbocycles. The van der Waals surface area contributed by atoms with Crippen LogP contribution in [0.3, 0.4) is 0 Å². The first kappa shape index (κ1) is 13.4. The highest BCUT2D eigenvalue weighted by Gasteiger charge is 2.17. The van der Waals surface area contributed by atoms with E-state index in [-0.39, 0.29) is 11.3 Å². The van der Waals surface area contributed by atoms with Gasteiger partial charge in [0.25, 0.3) is 0 Å². The zero-order valence-electron chi connectivity index (χ0n) is 8.84. The lowest BCUT2D eigenvalue weighted by Crippen LogP contribution is -2.18. The van der Waals surface area contributed by atoms with Crippen molar-refractivity contribution in [3.8, 4) is 0 Å². The summed E-state index contributed by atoms with van der Waals surface area (Å²) in [7, 11) is 0. The Balaban J connectivity index is 4.46. The van der Waals surface area contributed by atoms with E-state index in [4.69, 9.17) is 5.11 Å². The van der Waals surface area contributed by atoms with Crippen molar-refractivity contribution in [1.82, 2.24) is 0 Å². The molecule has 0 saturated heterocycles. The highest BCUT2D eigenvalue weighted by Crippen LogP contribution is 2.12. The van der Waals surface area contributed by atoms with E-state index in [0.29, 0.717) is 12.0 Å². The predicted molar refractivity (Wildman–Crippen MR) is 56.2 cm³/mol. The van der Waals surface area contributed by atoms with E-state index >= 15 is 0 Å². The minimum atomic E-state index is -1.05. The number of nitro groups is 1. The number of carboxylic acid groups (broad SMARTS) is 1. The minimum absolute atomic E-state index is 0.268. The van der Waals surface area contributed by atoms with Crippen molar-refractivity contribution >= 4 is 5.97 Å². The van der Waals surface area contributed by atoms with Gasteiger partial charge < -0.3 is 5.11 Å². The smallest absolute Gasteiger partial charge is 0.328 e. The summed E-state index contributed by atoms with van der Waals surface area (Å²) in [5.74, 6) is -1.05. The maximum absolute atomic E-state index is 10.6. The molecule has 0 aliphatic rings. The molecule has 0 bridgehead atoms. The summed E-state index contributed by atoms with van der Waals surface area (Å²) in [6, 6.07) is -0.644. The molecule has 1 unspecified atom stereocenters. The van der Waals surface area contributed by atoms with Crippen LogP contribution in [0.15, 0.2) is 23.8 Å². The second kappa shape index (κ2) is 6.75.